The molecule has 0 aromatic heterocycles. The van der Waals surface area contributed by atoms with E-state index in [9.17, 15) is 26.3 Å². The summed E-state index contributed by atoms with van der Waals surface area (Å²) in [7, 11) is 0. The van der Waals surface area contributed by atoms with Gasteiger partial charge in [0.1, 0.15) is 0 Å². The minimum absolute atomic E-state index is 0.267. The fourth-order valence-corrected chi connectivity index (χ4v) is 8.08. The monoisotopic (exact) mass is 753 g/mol. The highest BCUT2D eigenvalue weighted by Gasteiger charge is 2.37. The van der Waals surface area contributed by atoms with Crippen LogP contribution in [-0.2, 0) is 17.8 Å². The van der Waals surface area contributed by atoms with Crippen molar-refractivity contribution in [2.45, 2.75) is 45.5 Å². The number of alkyl halides is 6. The van der Waals surface area contributed by atoms with Gasteiger partial charge in [0, 0.05) is 11.1 Å². The molecule has 0 unspecified atom stereocenters. The Morgan fingerprint density at radius 2 is 0.839 bits per heavy atom. The van der Waals surface area contributed by atoms with Gasteiger partial charge in [0.15, 0.2) is 0 Å². The zero-order valence-corrected chi connectivity index (χ0v) is 31.1. The molecular weight excluding hydrogens is 717 g/mol. The van der Waals surface area contributed by atoms with Crippen LogP contribution in [-0.4, -0.2) is 0 Å². The maximum absolute atomic E-state index is 13.6. The normalized spacial score (nSPS) is 13.6. The second kappa shape index (κ2) is 13.6. The number of hydrogen-bond acceptors (Lipinski definition) is 1. The first-order chi connectivity index (χ1) is 26.6. The highest BCUT2D eigenvalue weighted by atomic mass is 19.4. The molecule has 0 radical (unpaired) electrons. The summed E-state index contributed by atoms with van der Waals surface area (Å²) >= 11 is 0. The first-order valence-corrected chi connectivity index (χ1v) is 18.3. The number of para-hydroxylation sites is 2. The van der Waals surface area contributed by atoms with Crippen LogP contribution in [0.3, 0.4) is 0 Å². The number of nitrogens with zero attached hydrogens (tertiary/aromatic N) is 1. The molecule has 0 fully saturated rings. The van der Waals surface area contributed by atoms with Gasteiger partial charge >= 0.3 is 12.4 Å². The number of aryl methyl sites for hydroxylation is 2. The van der Waals surface area contributed by atoms with Gasteiger partial charge in [-0.15, -0.1) is 0 Å². The topological polar surface area (TPSA) is 3.24 Å². The summed E-state index contributed by atoms with van der Waals surface area (Å²) < 4.78 is 81.7. The highest BCUT2D eigenvalue weighted by Crippen LogP contribution is 2.52. The van der Waals surface area contributed by atoms with Crippen molar-refractivity contribution < 1.29 is 26.3 Å². The summed E-state index contributed by atoms with van der Waals surface area (Å²) in [5.41, 5.74) is 11.3. The number of hydrogen-bond donors (Lipinski definition) is 0. The average molecular weight is 754 g/mol. The SMILES string of the molecule is Cc1cc(-c2cc(-c3ccc(-c4cccc(C(F)(F)F)c4)c(C)c3)cc(N3c4ccccc4C(C)(C)c4ccccc43)c2)ccc1-c1cccc(C(F)(F)F)c1. The van der Waals surface area contributed by atoms with Crippen molar-refractivity contribution in [1.82, 2.24) is 0 Å². The molecule has 7 aromatic carbocycles. The summed E-state index contributed by atoms with van der Waals surface area (Å²) in [6.45, 7) is 8.26. The van der Waals surface area contributed by atoms with E-state index in [0.29, 0.717) is 22.3 Å². The fraction of sp³-hybridized carbons (Fsp3) is 0.143. The van der Waals surface area contributed by atoms with Crippen LogP contribution < -0.4 is 4.90 Å². The van der Waals surface area contributed by atoms with Gasteiger partial charge in [0.25, 0.3) is 0 Å². The summed E-state index contributed by atoms with van der Waals surface area (Å²) in [6.07, 6.45) is -8.91. The largest absolute Gasteiger partial charge is 0.416 e. The van der Waals surface area contributed by atoms with Gasteiger partial charge in [0.05, 0.1) is 22.5 Å². The van der Waals surface area contributed by atoms with Gasteiger partial charge in [-0.25, -0.2) is 0 Å². The first-order valence-electron chi connectivity index (χ1n) is 18.3. The number of halogens is 6. The number of fused-ring (bicyclic) bond motifs is 2. The third kappa shape index (κ3) is 6.65. The van der Waals surface area contributed by atoms with Gasteiger partial charge in [-0.1, -0.05) is 111 Å². The number of benzene rings is 7. The van der Waals surface area contributed by atoms with E-state index < -0.39 is 23.5 Å². The number of rotatable bonds is 5. The van der Waals surface area contributed by atoms with Crippen molar-refractivity contribution in [2.24, 2.45) is 0 Å². The molecule has 0 atom stereocenters. The van der Waals surface area contributed by atoms with Crippen molar-refractivity contribution in [3.8, 4) is 44.5 Å². The van der Waals surface area contributed by atoms with E-state index >= 15 is 0 Å². The maximum atomic E-state index is 13.6. The van der Waals surface area contributed by atoms with Crippen LogP contribution in [0, 0.1) is 13.8 Å². The predicted octanol–water partition coefficient (Wildman–Crippen LogP) is 15.1. The second-order valence-electron chi connectivity index (χ2n) is 15.0. The molecule has 0 spiro atoms. The molecule has 0 aliphatic carbocycles. The fourth-order valence-electron chi connectivity index (χ4n) is 8.08. The van der Waals surface area contributed by atoms with Crippen LogP contribution in [0.15, 0.2) is 152 Å². The van der Waals surface area contributed by atoms with Gasteiger partial charge in [-0.05, 0) is 135 Å². The molecule has 1 aliphatic heterocycles. The molecule has 1 nitrogen and oxygen atoms in total. The Bertz CT molecular complexity index is 2460. The van der Waals surface area contributed by atoms with Crippen LogP contribution in [0.25, 0.3) is 44.5 Å². The average Bonchev–Trinajstić information content (AvgIpc) is 3.17. The third-order valence-electron chi connectivity index (χ3n) is 10.9. The summed E-state index contributed by atoms with van der Waals surface area (Å²) in [6, 6.07) is 45.5. The highest BCUT2D eigenvalue weighted by molar-refractivity contribution is 5.90. The Balaban J connectivity index is 1.30. The Labute approximate surface area is 322 Å². The van der Waals surface area contributed by atoms with Crippen molar-refractivity contribution in [1.29, 1.82) is 0 Å². The molecule has 8 rings (SSSR count). The summed E-state index contributed by atoms with van der Waals surface area (Å²) in [5.74, 6) is 0. The Kier molecular flexibility index (Phi) is 8.95. The first kappa shape index (κ1) is 36.9. The van der Waals surface area contributed by atoms with Crippen LogP contribution >= 0.6 is 0 Å². The summed E-state index contributed by atoms with van der Waals surface area (Å²) in [5, 5.41) is 0. The zero-order valence-electron chi connectivity index (χ0n) is 31.1. The molecule has 7 aromatic rings. The lowest BCUT2D eigenvalue weighted by atomic mass is 9.73. The molecule has 0 bridgehead atoms. The Morgan fingerprint density at radius 1 is 0.411 bits per heavy atom. The van der Waals surface area contributed by atoms with E-state index in [0.717, 1.165) is 62.6 Å². The van der Waals surface area contributed by atoms with E-state index in [1.807, 2.05) is 62.4 Å². The maximum Gasteiger partial charge on any atom is 0.416 e. The summed E-state index contributed by atoms with van der Waals surface area (Å²) in [4.78, 5) is 2.27. The van der Waals surface area contributed by atoms with Crippen molar-refractivity contribution in [3.63, 3.8) is 0 Å². The minimum atomic E-state index is -4.45. The lowest BCUT2D eigenvalue weighted by molar-refractivity contribution is -0.138. The second-order valence-corrected chi connectivity index (χ2v) is 15.0. The van der Waals surface area contributed by atoms with Crippen LogP contribution in [0.2, 0.25) is 0 Å². The van der Waals surface area contributed by atoms with Gasteiger partial charge in [0.2, 0.25) is 0 Å². The predicted molar refractivity (Wildman–Crippen MR) is 214 cm³/mol. The lowest BCUT2D eigenvalue weighted by Crippen LogP contribution is -2.30. The molecule has 1 heterocycles. The van der Waals surface area contributed by atoms with Crippen molar-refractivity contribution in [2.75, 3.05) is 4.90 Å². The van der Waals surface area contributed by atoms with E-state index in [-0.39, 0.29) is 5.41 Å². The smallest absolute Gasteiger partial charge is 0.310 e. The van der Waals surface area contributed by atoms with Crippen LogP contribution in [0.4, 0.5) is 43.4 Å². The third-order valence-corrected chi connectivity index (χ3v) is 10.9. The van der Waals surface area contributed by atoms with Crippen molar-refractivity contribution in [3.05, 3.63) is 185 Å². The lowest BCUT2D eigenvalue weighted by Gasteiger charge is -2.42. The molecule has 1 aliphatic rings. The molecule has 0 saturated carbocycles. The van der Waals surface area contributed by atoms with Crippen LogP contribution in [0.1, 0.15) is 47.2 Å². The molecule has 280 valence electrons. The Hall–Kier alpha value is -6.08. The molecule has 7 heteroatoms. The van der Waals surface area contributed by atoms with Crippen molar-refractivity contribution >= 4 is 17.1 Å². The zero-order chi connectivity index (χ0) is 39.6. The molecular formula is C49H37F6N. The van der Waals surface area contributed by atoms with Gasteiger partial charge in [-0.2, -0.15) is 26.3 Å². The minimum Gasteiger partial charge on any atom is -0.310 e. The van der Waals surface area contributed by atoms with E-state index in [2.05, 4.69) is 73.3 Å². The Morgan fingerprint density at radius 3 is 1.25 bits per heavy atom. The van der Waals surface area contributed by atoms with Crippen LogP contribution in [0.5, 0.6) is 0 Å². The quantitative estimate of drug-likeness (QED) is 0.158. The molecule has 0 N–H and O–H groups in total. The van der Waals surface area contributed by atoms with Gasteiger partial charge < -0.3 is 4.90 Å². The molecule has 0 amide bonds. The molecule has 56 heavy (non-hydrogen) atoms. The molecule has 0 saturated heterocycles. The van der Waals surface area contributed by atoms with E-state index in [1.165, 1.54) is 35.4 Å². The van der Waals surface area contributed by atoms with Gasteiger partial charge in [-0.3, -0.25) is 0 Å². The standard InChI is InChI=1S/C49H37F6N/c1-30-23-32(19-21-41(30)34-11-9-13-38(26-34)48(50,51)52)36-25-37(33-20-22-42(31(2)24-33)35-12-10-14-39(27-35)49(53,54)55)29-40(28-36)56-45-17-7-5-15-43(45)47(3,4)44-16-6-8-18-46(44)56/h5-29H,1-4H3. The van der Waals surface area contributed by atoms with E-state index in [4.69, 9.17) is 0 Å². The van der Waals surface area contributed by atoms with E-state index in [1.54, 1.807) is 12.1 Å². The number of anilines is 3.